The van der Waals surface area contributed by atoms with Crippen LogP contribution in [0.1, 0.15) is 17.4 Å². The number of hydrogen-bond donors (Lipinski definition) is 0. The Morgan fingerprint density at radius 1 is 1.24 bits per heavy atom. The van der Waals surface area contributed by atoms with E-state index in [9.17, 15) is 13.2 Å². The monoisotopic (exact) mass is 305 g/mol. The van der Waals surface area contributed by atoms with Gasteiger partial charge in [-0.3, -0.25) is 0 Å². The summed E-state index contributed by atoms with van der Waals surface area (Å²) in [4.78, 5) is -0.0652. The Kier molecular flexibility index (Phi) is 3.19. The van der Waals surface area contributed by atoms with Crippen LogP contribution in [0.4, 0.5) is 13.2 Å². The smallest absolute Gasteiger partial charge is 0.196 e. The molecular formula is C10H7BrF3N3. The van der Waals surface area contributed by atoms with Gasteiger partial charge in [0.1, 0.15) is 5.69 Å². The molecule has 1 unspecified atom stereocenters. The molecule has 0 saturated heterocycles. The third-order valence-corrected chi connectivity index (χ3v) is 2.65. The average Bonchev–Trinajstić information content (AvgIpc) is 2.75. The number of hydrogen-bond acceptors (Lipinski definition) is 2. The zero-order valence-corrected chi connectivity index (χ0v) is 10.2. The Bertz CT molecular complexity index is 554. The summed E-state index contributed by atoms with van der Waals surface area (Å²) in [6, 6.07) is 1.94. The van der Waals surface area contributed by atoms with E-state index in [1.165, 1.54) is 6.20 Å². The van der Waals surface area contributed by atoms with Gasteiger partial charge in [0, 0.05) is 0 Å². The van der Waals surface area contributed by atoms with E-state index in [0.29, 0.717) is 5.69 Å². The second-order valence-electron chi connectivity index (χ2n) is 3.40. The Morgan fingerprint density at radius 3 is 2.53 bits per heavy atom. The van der Waals surface area contributed by atoms with Crippen LogP contribution in [0.5, 0.6) is 0 Å². The van der Waals surface area contributed by atoms with Gasteiger partial charge in [0.15, 0.2) is 17.5 Å². The highest BCUT2D eigenvalue weighted by Gasteiger charge is 2.16. The van der Waals surface area contributed by atoms with Crippen molar-refractivity contribution in [2.45, 2.75) is 11.8 Å². The standard InChI is InChI=1S/C10H7BrF3N3/c1-5(11)7-4-17(16-15-7)8-3-2-6(12)9(13)10(8)14/h2-5H,1H3. The summed E-state index contributed by atoms with van der Waals surface area (Å²) in [5, 5.41) is 7.42. The van der Waals surface area contributed by atoms with Gasteiger partial charge in [-0.1, -0.05) is 21.1 Å². The van der Waals surface area contributed by atoms with Crippen molar-refractivity contribution in [3.8, 4) is 5.69 Å². The molecular weight excluding hydrogens is 299 g/mol. The molecule has 90 valence electrons. The second-order valence-corrected chi connectivity index (χ2v) is 4.77. The number of benzene rings is 1. The van der Waals surface area contributed by atoms with Gasteiger partial charge in [0.2, 0.25) is 0 Å². The first-order chi connectivity index (χ1) is 8.00. The molecule has 1 atom stereocenters. The largest absolute Gasteiger partial charge is 0.217 e. The van der Waals surface area contributed by atoms with E-state index >= 15 is 0 Å². The van der Waals surface area contributed by atoms with Crippen LogP contribution in [0.2, 0.25) is 0 Å². The predicted octanol–water partition coefficient (Wildman–Crippen LogP) is 3.14. The van der Waals surface area contributed by atoms with Gasteiger partial charge in [-0.25, -0.2) is 17.9 Å². The Labute approximate surface area is 103 Å². The van der Waals surface area contributed by atoms with Crippen LogP contribution in [-0.2, 0) is 0 Å². The fourth-order valence-electron chi connectivity index (χ4n) is 1.27. The zero-order valence-electron chi connectivity index (χ0n) is 8.66. The molecule has 0 N–H and O–H groups in total. The molecule has 1 aromatic carbocycles. The lowest BCUT2D eigenvalue weighted by atomic mass is 10.3. The van der Waals surface area contributed by atoms with Gasteiger partial charge in [-0.05, 0) is 19.1 Å². The maximum absolute atomic E-state index is 13.4. The van der Waals surface area contributed by atoms with Crippen LogP contribution >= 0.6 is 15.9 Å². The molecule has 0 bridgehead atoms. The molecule has 17 heavy (non-hydrogen) atoms. The zero-order chi connectivity index (χ0) is 12.6. The van der Waals surface area contributed by atoms with Crippen molar-refractivity contribution >= 4 is 15.9 Å². The summed E-state index contributed by atoms with van der Waals surface area (Å²) in [6.45, 7) is 1.82. The lowest BCUT2D eigenvalue weighted by Gasteiger charge is -2.03. The van der Waals surface area contributed by atoms with Crippen LogP contribution in [0, 0.1) is 17.5 Å². The van der Waals surface area contributed by atoms with Crippen molar-refractivity contribution < 1.29 is 13.2 Å². The molecule has 0 aliphatic rings. The SMILES string of the molecule is CC(Br)c1cn(-c2ccc(F)c(F)c2F)nn1. The van der Waals surface area contributed by atoms with Crippen molar-refractivity contribution in [3.63, 3.8) is 0 Å². The minimum Gasteiger partial charge on any atom is -0.217 e. The number of rotatable bonds is 2. The quantitative estimate of drug-likeness (QED) is 0.630. The highest BCUT2D eigenvalue weighted by molar-refractivity contribution is 9.09. The van der Waals surface area contributed by atoms with Gasteiger partial charge < -0.3 is 0 Å². The van der Waals surface area contributed by atoms with Crippen LogP contribution in [0.3, 0.4) is 0 Å². The highest BCUT2D eigenvalue weighted by atomic mass is 79.9. The molecule has 0 aliphatic heterocycles. The summed E-state index contributed by atoms with van der Waals surface area (Å²) >= 11 is 3.27. The molecule has 3 nitrogen and oxygen atoms in total. The second kappa shape index (κ2) is 4.48. The lowest BCUT2D eigenvalue weighted by molar-refractivity contribution is 0.442. The van der Waals surface area contributed by atoms with E-state index in [2.05, 4.69) is 26.2 Å². The molecule has 0 amide bonds. The van der Waals surface area contributed by atoms with Crippen LogP contribution in [0.15, 0.2) is 18.3 Å². The van der Waals surface area contributed by atoms with Crippen molar-refractivity contribution in [2.24, 2.45) is 0 Å². The molecule has 0 aliphatic carbocycles. The maximum Gasteiger partial charge on any atom is 0.196 e. The van der Waals surface area contributed by atoms with Crippen molar-refractivity contribution in [1.29, 1.82) is 0 Å². The number of halogens is 4. The van der Waals surface area contributed by atoms with Crippen molar-refractivity contribution in [2.75, 3.05) is 0 Å². The number of alkyl halides is 1. The van der Waals surface area contributed by atoms with Gasteiger partial charge in [-0.2, -0.15) is 0 Å². The molecule has 7 heteroatoms. The molecule has 0 radical (unpaired) electrons. The lowest BCUT2D eigenvalue weighted by Crippen LogP contribution is -2.02. The topological polar surface area (TPSA) is 30.7 Å². The fourth-order valence-corrected chi connectivity index (χ4v) is 1.48. The summed E-state index contributed by atoms with van der Waals surface area (Å²) in [7, 11) is 0. The number of nitrogens with zero attached hydrogens (tertiary/aromatic N) is 3. The summed E-state index contributed by atoms with van der Waals surface area (Å²) < 4.78 is 40.3. The maximum atomic E-state index is 13.4. The normalized spacial score (nSPS) is 12.8. The van der Waals surface area contributed by atoms with Crippen molar-refractivity contribution in [3.05, 3.63) is 41.5 Å². The summed E-state index contributed by atoms with van der Waals surface area (Å²) in [5.74, 6) is -4.05. The van der Waals surface area contributed by atoms with Gasteiger partial charge in [-0.15, -0.1) is 5.10 Å². The van der Waals surface area contributed by atoms with E-state index in [0.717, 1.165) is 16.8 Å². The minimum atomic E-state index is -1.52. The van der Waals surface area contributed by atoms with Crippen LogP contribution in [0.25, 0.3) is 5.69 Å². The number of aromatic nitrogens is 3. The summed E-state index contributed by atoms with van der Waals surface area (Å²) in [6.07, 6.45) is 1.44. The third-order valence-electron chi connectivity index (χ3n) is 2.18. The van der Waals surface area contributed by atoms with Crippen molar-refractivity contribution in [1.82, 2.24) is 15.0 Å². The third kappa shape index (κ3) is 2.19. The minimum absolute atomic E-state index is 0.0652. The first-order valence-electron chi connectivity index (χ1n) is 4.71. The van der Waals surface area contributed by atoms with Gasteiger partial charge >= 0.3 is 0 Å². The Balaban J connectivity index is 2.49. The molecule has 0 spiro atoms. The first kappa shape index (κ1) is 12.1. The van der Waals surface area contributed by atoms with Crippen LogP contribution in [-0.4, -0.2) is 15.0 Å². The van der Waals surface area contributed by atoms with E-state index < -0.39 is 17.5 Å². The van der Waals surface area contributed by atoms with Crippen LogP contribution < -0.4 is 0 Å². The van der Waals surface area contributed by atoms with E-state index in [4.69, 9.17) is 0 Å². The van der Waals surface area contributed by atoms with E-state index in [1.807, 2.05) is 6.92 Å². The van der Waals surface area contributed by atoms with E-state index in [1.54, 1.807) is 0 Å². The highest BCUT2D eigenvalue weighted by Crippen LogP contribution is 2.22. The first-order valence-corrected chi connectivity index (χ1v) is 5.62. The molecule has 1 aromatic heterocycles. The average molecular weight is 306 g/mol. The molecule has 2 rings (SSSR count). The molecule has 0 saturated carbocycles. The Morgan fingerprint density at radius 2 is 1.94 bits per heavy atom. The Hall–Kier alpha value is -1.37. The van der Waals surface area contributed by atoms with Gasteiger partial charge in [0.25, 0.3) is 0 Å². The fraction of sp³-hybridized carbons (Fsp3) is 0.200. The molecule has 1 heterocycles. The molecule has 0 fully saturated rings. The predicted molar refractivity (Wildman–Crippen MR) is 58.6 cm³/mol. The summed E-state index contributed by atoms with van der Waals surface area (Å²) in [5.41, 5.74) is 0.380. The molecule has 2 aromatic rings. The van der Waals surface area contributed by atoms with E-state index in [-0.39, 0.29) is 10.5 Å². The van der Waals surface area contributed by atoms with Gasteiger partial charge in [0.05, 0.1) is 16.7 Å².